The van der Waals surface area contributed by atoms with Crippen molar-refractivity contribution in [3.63, 3.8) is 0 Å². The lowest BCUT2D eigenvalue weighted by molar-refractivity contribution is -0.113. The van der Waals surface area contributed by atoms with Crippen molar-refractivity contribution >= 4 is 56.9 Å². The summed E-state index contributed by atoms with van der Waals surface area (Å²) in [6, 6.07) is 20.7. The SMILES string of the molecule is Cc1cc(I)cc(C)c1NC(=O)CSc1nc2ccccc2c(=O)n1-c1ccccc1. The predicted molar refractivity (Wildman–Crippen MR) is 135 cm³/mol. The van der Waals surface area contributed by atoms with Gasteiger partial charge < -0.3 is 5.32 Å². The Morgan fingerprint density at radius 2 is 1.68 bits per heavy atom. The zero-order valence-electron chi connectivity index (χ0n) is 17.1. The van der Waals surface area contributed by atoms with Gasteiger partial charge in [0.25, 0.3) is 5.56 Å². The molecule has 0 bridgehead atoms. The van der Waals surface area contributed by atoms with Crippen LogP contribution in [0.15, 0.2) is 76.7 Å². The third-order valence-corrected chi connectivity index (χ3v) is 6.41. The topological polar surface area (TPSA) is 64.0 Å². The van der Waals surface area contributed by atoms with Gasteiger partial charge in [0.05, 0.1) is 22.3 Å². The number of nitrogens with one attached hydrogen (secondary N) is 1. The lowest BCUT2D eigenvalue weighted by Gasteiger charge is -2.14. The third-order valence-electron chi connectivity index (χ3n) is 4.85. The first kappa shape index (κ1) is 21.6. The van der Waals surface area contributed by atoms with Gasteiger partial charge >= 0.3 is 0 Å². The Morgan fingerprint density at radius 3 is 2.39 bits per heavy atom. The number of aromatic nitrogens is 2. The van der Waals surface area contributed by atoms with Crippen LogP contribution in [0.4, 0.5) is 5.69 Å². The summed E-state index contributed by atoms with van der Waals surface area (Å²) in [6.45, 7) is 3.96. The van der Waals surface area contributed by atoms with Crippen molar-refractivity contribution in [1.29, 1.82) is 0 Å². The fourth-order valence-electron chi connectivity index (χ4n) is 3.43. The number of fused-ring (bicyclic) bond motifs is 1. The molecule has 0 aliphatic carbocycles. The summed E-state index contributed by atoms with van der Waals surface area (Å²) in [5.41, 5.74) is 4.06. The first-order valence-electron chi connectivity index (χ1n) is 9.70. The Morgan fingerprint density at radius 1 is 1.03 bits per heavy atom. The molecule has 0 saturated heterocycles. The van der Waals surface area contributed by atoms with E-state index in [4.69, 9.17) is 0 Å². The number of rotatable bonds is 5. The summed E-state index contributed by atoms with van der Waals surface area (Å²) in [5, 5.41) is 4.04. The monoisotopic (exact) mass is 541 g/mol. The van der Waals surface area contributed by atoms with Crippen molar-refractivity contribution in [3.8, 4) is 5.69 Å². The fraction of sp³-hybridized carbons (Fsp3) is 0.125. The molecule has 1 N–H and O–H groups in total. The van der Waals surface area contributed by atoms with E-state index in [9.17, 15) is 9.59 Å². The molecule has 0 spiro atoms. The molecule has 5 nitrogen and oxygen atoms in total. The van der Waals surface area contributed by atoms with E-state index in [1.807, 2.05) is 74.5 Å². The van der Waals surface area contributed by atoms with Crippen LogP contribution in [0.2, 0.25) is 0 Å². The largest absolute Gasteiger partial charge is 0.325 e. The highest BCUT2D eigenvalue weighted by Gasteiger charge is 2.15. The van der Waals surface area contributed by atoms with E-state index >= 15 is 0 Å². The van der Waals surface area contributed by atoms with Crippen molar-refractivity contribution in [2.75, 3.05) is 11.1 Å². The van der Waals surface area contributed by atoms with Gasteiger partial charge in [-0.2, -0.15) is 0 Å². The predicted octanol–water partition coefficient (Wildman–Crippen LogP) is 5.34. The standard InChI is InChI=1S/C24H20IN3O2S/c1-15-12-17(25)13-16(2)22(15)27-21(29)14-31-24-26-20-11-7-6-10-19(20)23(30)28(24)18-8-4-3-5-9-18/h3-13H,14H2,1-2H3,(H,27,29). The minimum Gasteiger partial charge on any atom is -0.325 e. The lowest BCUT2D eigenvalue weighted by atomic mass is 10.1. The van der Waals surface area contributed by atoms with E-state index in [0.29, 0.717) is 16.1 Å². The van der Waals surface area contributed by atoms with Crippen molar-refractivity contribution in [3.05, 3.63) is 91.8 Å². The summed E-state index contributed by atoms with van der Waals surface area (Å²) in [4.78, 5) is 30.6. The van der Waals surface area contributed by atoms with Crippen LogP contribution in [0.1, 0.15) is 11.1 Å². The number of anilines is 1. The number of carbonyl (C=O) groups excluding carboxylic acids is 1. The highest BCUT2D eigenvalue weighted by molar-refractivity contribution is 14.1. The molecule has 0 aliphatic rings. The molecule has 156 valence electrons. The maximum atomic E-state index is 13.2. The molecule has 4 rings (SSSR count). The van der Waals surface area contributed by atoms with E-state index in [1.54, 1.807) is 10.6 Å². The average molecular weight is 541 g/mol. The Balaban J connectivity index is 1.65. The molecule has 0 fully saturated rings. The first-order chi connectivity index (χ1) is 14.9. The van der Waals surface area contributed by atoms with Crippen LogP contribution in [-0.4, -0.2) is 21.2 Å². The van der Waals surface area contributed by atoms with Gasteiger partial charge in [-0.3, -0.25) is 14.2 Å². The van der Waals surface area contributed by atoms with Gasteiger partial charge in [-0.1, -0.05) is 42.1 Å². The molecule has 1 aromatic heterocycles. The minimum atomic E-state index is -0.149. The Hall–Kier alpha value is -2.65. The molecule has 0 aliphatic heterocycles. The second-order valence-corrected chi connectivity index (χ2v) is 9.33. The molecule has 0 atom stereocenters. The highest BCUT2D eigenvalue weighted by Crippen LogP contribution is 2.25. The van der Waals surface area contributed by atoms with E-state index in [0.717, 1.165) is 26.1 Å². The zero-order chi connectivity index (χ0) is 22.0. The number of carbonyl (C=O) groups is 1. The lowest BCUT2D eigenvalue weighted by Crippen LogP contribution is -2.23. The summed E-state index contributed by atoms with van der Waals surface area (Å²) >= 11 is 3.52. The molecule has 0 unspecified atom stereocenters. The Bertz CT molecular complexity index is 1310. The van der Waals surface area contributed by atoms with Crippen LogP contribution in [-0.2, 0) is 4.79 Å². The van der Waals surface area contributed by atoms with Crippen LogP contribution in [0.3, 0.4) is 0 Å². The van der Waals surface area contributed by atoms with E-state index in [1.165, 1.54) is 11.8 Å². The van der Waals surface area contributed by atoms with Gasteiger partial charge in [0.1, 0.15) is 0 Å². The number of para-hydroxylation sites is 2. The molecule has 31 heavy (non-hydrogen) atoms. The van der Waals surface area contributed by atoms with Gasteiger partial charge in [0.15, 0.2) is 5.16 Å². The second-order valence-electron chi connectivity index (χ2n) is 7.14. The molecular formula is C24H20IN3O2S. The fourth-order valence-corrected chi connectivity index (χ4v) is 5.17. The molecule has 3 aromatic carbocycles. The maximum absolute atomic E-state index is 13.2. The van der Waals surface area contributed by atoms with Crippen molar-refractivity contribution in [2.24, 2.45) is 0 Å². The van der Waals surface area contributed by atoms with E-state index in [-0.39, 0.29) is 17.2 Å². The number of aryl methyl sites for hydroxylation is 2. The summed E-state index contributed by atoms with van der Waals surface area (Å²) in [5.74, 6) is 0.00193. The first-order valence-corrected chi connectivity index (χ1v) is 11.8. The molecule has 1 heterocycles. The van der Waals surface area contributed by atoms with Crippen LogP contribution < -0.4 is 10.9 Å². The maximum Gasteiger partial charge on any atom is 0.266 e. The van der Waals surface area contributed by atoms with Crippen molar-refractivity contribution in [2.45, 2.75) is 19.0 Å². The van der Waals surface area contributed by atoms with E-state index in [2.05, 4.69) is 32.9 Å². The second kappa shape index (κ2) is 9.23. The molecular weight excluding hydrogens is 521 g/mol. The summed E-state index contributed by atoms with van der Waals surface area (Å²) in [6.07, 6.45) is 0. The number of amides is 1. The molecule has 0 saturated carbocycles. The highest BCUT2D eigenvalue weighted by atomic mass is 127. The van der Waals surface area contributed by atoms with Crippen LogP contribution in [0.5, 0.6) is 0 Å². The molecule has 4 aromatic rings. The molecule has 1 amide bonds. The number of benzene rings is 3. The summed E-state index contributed by atoms with van der Waals surface area (Å²) in [7, 11) is 0. The number of halogens is 1. The van der Waals surface area contributed by atoms with E-state index < -0.39 is 0 Å². The number of nitrogens with zero attached hydrogens (tertiary/aromatic N) is 2. The van der Waals surface area contributed by atoms with Crippen LogP contribution >= 0.6 is 34.4 Å². The van der Waals surface area contributed by atoms with Crippen LogP contribution in [0.25, 0.3) is 16.6 Å². The smallest absolute Gasteiger partial charge is 0.266 e. The zero-order valence-corrected chi connectivity index (χ0v) is 20.0. The number of thioether (sulfide) groups is 1. The minimum absolute atomic E-state index is 0.139. The summed E-state index contributed by atoms with van der Waals surface area (Å²) < 4.78 is 2.70. The van der Waals surface area contributed by atoms with Crippen LogP contribution in [0, 0.1) is 17.4 Å². The molecule has 0 radical (unpaired) electrons. The van der Waals surface area contributed by atoms with Gasteiger partial charge in [0, 0.05) is 9.26 Å². The normalized spacial score (nSPS) is 10.9. The van der Waals surface area contributed by atoms with Gasteiger partial charge in [-0.05, 0) is 84.0 Å². The van der Waals surface area contributed by atoms with Gasteiger partial charge in [-0.15, -0.1) is 0 Å². The number of hydrogen-bond acceptors (Lipinski definition) is 4. The van der Waals surface area contributed by atoms with Crippen molar-refractivity contribution < 1.29 is 4.79 Å². The molecule has 7 heteroatoms. The van der Waals surface area contributed by atoms with Gasteiger partial charge in [-0.25, -0.2) is 4.98 Å². The Labute approximate surface area is 198 Å². The quantitative estimate of drug-likeness (QED) is 0.211. The Kier molecular flexibility index (Phi) is 6.43. The number of hydrogen-bond donors (Lipinski definition) is 1. The van der Waals surface area contributed by atoms with Crippen molar-refractivity contribution in [1.82, 2.24) is 9.55 Å². The third kappa shape index (κ3) is 4.67. The van der Waals surface area contributed by atoms with Gasteiger partial charge in [0.2, 0.25) is 5.91 Å². The average Bonchev–Trinajstić information content (AvgIpc) is 2.75.